The normalized spacial score (nSPS) is 38.2. The Morgan fingerprint density at radius 2 is 2.43 bits per heavy atom. The number of allylic oxidation sites excluding steroid dienone is 1. The zero-order chi connectivity index (χ0) is 10.1. The summed E-state index contributed by atoms with van der Waals surface area (Å²) in [5, 5.41) is 18.7. The lowest BCUT2D eigenvalue weighted by Gasteiger charge is -2.18. The van der Waals surface area contributed by atoms with Crippen LogP contribution in [0.5, 0.6) is 0 Å². The van der Waals surface area contributed by atoms with E-state index in [1.165, 1.54) is 0 Å². The summed E-state index contributed by atoms with van der Waals surface area (Å²) in [6.07, 6.45) is 4.44. The van der Waals surface area contributed by atoms with Gasteiger partial charge in [-0.1, -0.05) is 13.0 Å². The molecule has 1 aliphatic carbocycles. The highest BCUT2D eigenvalue weighted by molar-refractivity contribution is 5.20. The molecule has 2 rings (SSSR count). The van der Waals surface area contributed by atoms with E-state index in [9.17, 15) is 5.11 Å². The second kappa shape index (κ2) is 4.01. The van der Waals surface area contributed by atoms with Gasteiger partial charge < -0.3 is 14.9 Å². The summed E-state index contributed by atoms with van der Waals surface area (Å²) in [6.45, 7) is 2.06. The summed E-state index contributed by atoms with van der Waals surface area (Å²) >= 11 is 0. The molecule has 1 fully saturated rings. The van der Waals surface area contributed by atoms with Crippen LogP contribution in [0.4, 0.5) is 0 Å². The number of ether oxygens (including phenoxy) is 1. The van der Waals surface area contributed by atoms with Crippen molar-refractivity contribution in [2.75, 3.05) is 6.61 Å². The summed E-state index contributed by atoms with van der Waals surface area (Å²) in [7, 11) is 0. The molecule has 0 unspecified atom stereocenters. The van der Waals surface area contributed by atoms with Crippen LogP contribution in [0.1, 0.15) is 26.2 Å². The molecule has 0 amide bonds. The molecule has 0 aromatic rings. The lowest BCUT2D eigenvalue weighted by Crippen LogP contribution is -2.26. The van der Waals surface area contributed by atoms with Gasteiger partial charge in [0.25, 0.3) is 0 Å². The minimum absolute atomic E-state index is 0.0229. The van der Waals surface area contributed by atoms with Gasteiger partial charge in [0.15, 0.2) is 0 Å². The molecule has 2 aliphatic rings. The highest BCUT2D eigenvalue weighted by Gasteiger charge is 2.41. The largest absolute Gasteiger partial charge is 0.392 e. The predicted molar refractivity (Wildman–Crippen MR) is 52.9 cm³/mol. The molecule has 80 valence electrons. The molecular weight excluding hydrogens is 180 g/mol. The van der Waals surface area contributed by atoms with Crippen molar-refractivity contribution in [2.45, 2.75) is 44.5 Å². The van der Waals surface area contributed by atoms with Crippen LogP contribution in [0.2, 0.25) is 0 Å². The smallest absolute Gasteiger partial charge is 0.0846 e. The third-order valence-corrected chi connectivity index (χ3v) is 3.36. The fraction of sp³-hybridized carbons (Fsp3) is 0.818. The number of hydrogen-bond donors (Lipinski definition) is 2. The number of aliphatic hydroxyl groups excluding tert-OH is 2. The van der Waals surface area contributed by atoms with E-state index in [0.29, 0.717) is 5.92 Å². The molecule has 1 aliphatic heterocycles. The third kappa shape index (κ3) is 1.60. The first-order valence-electron chi connectivity index (χ1n) is 5.39. The summed E-state index contributed by atoms with van der Waals surface area (Å²) in [5.41, 5.74) is 1.00. The topological polar surface area (TPSA) is 49.7 Å². The van der Waals surface area contributed by atoms with Crippen molar-refractivity contribution in [3.63, 3.8) is 0 Å². The highest BCUT2D eigenvalue weighted by atomic mass is 16.5. The molecule has 0 aromatic carbocycles. The quantitative estimate of drug-likeness (QED) is 0.661. The molecule has 0 saturated carbocycles. The lowest BCUT2D eigenvalue weighted by molar-refractivity contribution is -0.0277. The SMILES string of the molecule is CC[C@H](O)[C@@H]1C[C@H]2CC=C(CO)[C@H]2O1. The van der Waals surface area contributed by atoms with Crippen molar-refractivity contribution >= 4 is 0 Å². The maximum absolute atomic E-state index is 9.66. The Balaban J connectivity index is 1.98. The number of hydrogen-bond acceptors (Lipinski definition) is 3. The van der Waals surface area contributed by atoms with Gasteiger partial charge >= 0.3 is 0 Å². The van der Waals surface area contributed by atoms with Crippen molar-refractivity contribution < 1.29 is 14.9 Å². The van der Waals surface area contributed by atoms with Gasteiger partial charge in [-0.05, 0) is 30.8 Å². The average Bonchev–Trinajstić information content (AvgIpc) is 2.74. The maximum atomic E-state index is 9.66. The maximum Gasteiger partial charge on any atom is 0.0846 e. The van der Waals surface area contributed by atoms with Crippen molar-refractivity contribution in [2.24, 2.45) is 5.92 Å². The lowest BCUT2D eigenvalue weighted by atomic mass is 9.97. The third-order valence-electron chi connectivity index (χ3n) is 3.36. The summed E-state index contributed by atoms with van der Waals surface area (Å²) in [5.74, 6) is 0.489. The minimum atomic E-state index is -0.347. The first-order valence-corrected chi connectivity index (χ1v) is 5.39. The van der Waals surface area contributed by atoms with Crippen LogP contribution in [0, 0.1) is 5.92 Å². The highest BCUT2D eigenvalue weighted by Crippen LogP contribution is 2.39. The van der Waals surface area contributed by atoms with Gasteiger partial charge in [-0.2, -0.15) is 0 Å². The van der Waals surface area contributed by atoms with Gasteiger partial charge in [-0.3, -0.25) is 0 Å². The monoisotopic (exact) mass is 198 g/mol. The van der Waals surface area contributed by atoms with E-state index in [0.717, 1.165) is 24.8 Å². The summed E-state index contributed by atoms with van der Waals surface area (Å²) in [4.78, 5) is 0. The van der Waals surface area contributed by atoms with Crippen molar-refractivity contribution in [1.82, 2.24) is 0 Å². The van der Waals surface area contributed by atoms with Crippen molar-refractivity contribution in [3.05, 3.63) is 11.6 Å². The minimum Gasteiger partial charge on any atom is -0.392 e. The molecule has 0 radical (unpaired) electrons. The Morgan fingerprint density at radius 1 is 1.64 bits per heavy atom. The van der Waals surface area contributed by atoms with E-state index >= 15 is 0 Å². The Kier molecular flexibility index (Phi) is 2.91. The van der Waals surface area contributed by atoms with Crippen LogP contribution in [-0.4, -0.2) is 35.1 Å². The van der Waals surface area contributed by atoms with Gasteiger partial charge in [0.1, 0.15) is 0 Å². The first kappa shape index (κ1) is 10.1. The second-order valence-corrected chi connectivity index (χ2v) is 4.24. The molecule has 2 N–H and O–H groups in total. The molecular formula is C11H18O3. The van der Waals surface area contributed by atoms with Crippen LogP contribution >= 0.6 is 0 Å². The van der Waals surface area contributed by atoms with Crippen molar-refractivity contribution in [1.29, 1.82) is 0 Å². The van der Waals surface area contributed by atoms with Gasteiger partial charge in [-0.15, -0.1) is 0 Å². The van der Waals surface area contributed by atoms with E-state index in [-0.39, 0.29) is 24.9 Å². The molecule has 14 heavy (non-hydrogen) atoms. The molecule has 4 atom stereocenters. The zero-order valence-electron chi connectivity index (χ0n) is 8.52. The van der Waals surface area contributed by atoms with Crippen molar-refractivity contribution in [3.8, 4) is 0 Å². The number of aliphatic hydroxyl groups is 2. The van der Waals surface area contributed by atoms with Gasteiger partial charge in [0, 0.05) is 0 Å². The number of rotatable bonds is 3. The molecule has 0 bridgehead atoms. The first-order chi connectivity index (χ1) is 6.76. The molecule has 1 saturated heterocycles. The van der Waals surface area contributed by atoms with E-state index in [2.05, 4.69) is 6.08 Å². The molecule has 3 heteroatoms. The Hall–Kier alpha value is -0.380. The van der Waals surface area contributed by atoms with Gasteiger partial charge in [-0.25, -0.2) is 0 Å². The molecule has 0 aromatic heterocycles. The summed E-state index contributed by atoms with van der Waals surface area (Å²) < 4.78 is 5.76. The van der Waals surface area contributed by atoms with E-state index in [4.69, 9.17) is 9.84 Å². The molecule has 0 spiro atoms. The van der Waals surface area contributed by atoms with Crippen LogP contribution in [0.25, 0.3) is 0 Å². The Morgan fingerprint density at radius 3 is 3.07 bits per heavy atom. The van der Waals surface area contributed by atoms with Crippen LogP contribution in [0.15, 0.2) is 11.6 Å². The van der Waals surface area contributed by atoms with Gasteiger partial charge in [0.2, 0.25) is 0 Å². The van der Waals surface area contributed by atoms with Crippen LogP contribution in [-0.2, 0) is 4.74 Å². The molecule has 1 heterocycles. The van der Waals surface area contributed by atoms with Gasteiger partial charge in [0.05, 0.1) is 24.9 Å². The van der Waals surface area contributed by atoms with E-state index in [1.54, 1.807) is 0 Å². The van der Waals surface area contributed by atoms with Crippen LogP contribution in [0.3, 0.4) is 0 Å². The fourth-order valence-electron chi connectivity index (χ4n) is 2.47. The van der Waals surface area contributed by atoms with E-state index in [1.807, 2.05) is 6.92 Å². The predicted octanol–water partition coefficient (Wildman–Crippen LogP) is 0.853. The number of fused-ring (bicyclic) bond motifs is 1. The second-order valence-electron chi connectivity index (χ2n) is 4.24. The standard InChI is InChI=1S/C11H18O3/c1-2-9(13)10-5-7-3-4-8(6-12)11(7)14-10/h4,7,9-13H,2-3,5-6H2,1H3/t7-,9+,10+,11+/m1/s1. The zero-order valence-corrected chi connectivity index (χ0v) is 8.52. The van der Waals surface area contributed by atoms with E-state index < -0.39 is 0 Å². The Bertz CT molecular complexity index is 237. The fourth-order valence-corrected chi connectivity index (χ4v) is 2.47. The Labute approximate surface area is 84.4 Å². The van der Waals surface area contributed by atoms with Crippen LogP contribution < -0.4 is 0 Å². The average molecular weight is 198 g/mol. The molecule has 3 nitrogen and oxygen atoms in total. The summed E-state index contributed by atoms with van der Waals surface area (Å²) in [6, 6.07) is 0.